The van der Waals surface area contributed by atoms with Gasteiger partial charge in [-0.25, -0.2) is 0 Å². The molecule has 1 saturated heterocycles. The zero-order valence-electron chi connectivity index (χ0n) is 11.2. The summed E-state index contributed by atoms with van der Waals surface area (Å²) in [5.41, 5.74) is 1.30. The molecule has 0 saturated carbocycles. The first-order valence-corrected chi connectivity index (χ1v) is 7.76. The number of hydrogen-bond acceptors (Lipinski definition) is 3. The van der Waals surface area contributed by atoms with Crippen LogP contribution in [0.15, 0.2) is 22.7 Å². The van der Waals surface area contributed by atoms with E-state index in [4.69, 9.17) is 4.74 Å². The summed E-state index contributed by atoms with van der Waals surface area (Å²) >= 11 is 3.50. The van der Waals surface area contributed by atoms with E-state index < -0.39 is 0 Å². The fraction of sp³-hybridized carbons (Fsp3) is 0.600. The average Bonchev–Trinajstić information content (AvgIpc) is 2.95. The molecule has 3 nitrogen and oxygen atoms in total. The number of likely N-dealkylation sites (tertiary alicyclic amines) is 1. The van der Waals surface area contributed by atoms with Crippen molar-refractivity contribution < 1.29 is 9.84 Å². The van der Waals surface area contributed by atoms with Gasteiger partial charge in [0.05, 0.1) is 6.10 Å². The molecule has 0 aromatic heterocycles. The van der Waals surface area contributed by atoms with Gasteiger partial charge in [0, 0.05) is 24.0 Å². The highest BCUT2D eigenvalue weighted by Gasteiger charge is 2.30. The number of rotatable bonds is 3. The van der Waals surface area contributed by atoms with Gasteiger partial charge in [-0.1, -0.05) is 15.9 Å². The lowest BCUT2D eigenvalue weighted by atomic mass is 10.0. The fourth-order valence-electron chi connectivity index (χ4n) is 3.10. The highest BCUT2D eigenvalue weighted by molar-refractivity contribution is 9.10. The van der Waals surface area contributed by atoms with Crippen LogP contribution in [0, 0.1) is 5.92 Å². The first-order chi connectivity index (χ1) is 9.11. The van der Waals surface area contributed by atoms with Gasteiger partial charge in [0.25, 0.3) is 0 Å². The van der Waals surface area contributed by atoms with Gasteiger partial charge in [-0.05, 0) is 49.6 Å². The average molecular weight is 326 g/mol. The summed E-state index contributed by atoms with van der Waals surface area (Å²) in [4.78, 5) is 2.42. The summed E-state index contributed by atoms with van der Waals surface area (Å²) in [5.74, 6) is 1.46. The third-order valence-corrected chi connectivity index (χ3v) is 4.71. The minimum atomic E-state index is -0.192. The van der Waals surface area contributed by atoms with Gasteiger partial charge >= 0.3 is 0 Å². The molecule has 3 unspecified atom stereocenters. The van der Waals surface area contributed by atoms with Crippen molar-refractivity contribution in [2.75, 3.05) is 19.6 Å². The van der Waals surface area contributed by atoms with E-state index in [0.29, 0.717) is 5.92 Å². The van der Waals surface area contributed by atoms with Gasteiger partial charge in [0.1, 0.15) is 11.9 Å². The molecular weight excluding hydrogens is 306 g/mol. The Hall–Kier alpha value is -0.580. The second kappa shape index (κ2) is 5.43. The molecule has 2 heterocycles. The van der Waals surface area contributed by atoms with Crippen LogP contribution in [-0.2, 0) is 6.42 Å². The molecule has 0 radical (unpaired) electrons. The minimum absolute atomic E-state index is 0.192. The first kappa shape index (κ1) is 13.4. The molecule has 0 amide bonds. The van der Waals surface area contributed by atoms with Crippen LogP contribution in [0.5, 0.6) is 5.75 Å². The van der Waals surface area contributed by atoms with E-state index in [0.717, 1.165) is 42.7 Å². The van der Waals surface area contributed by atoms with Crippen LogP contribution in [0.3, 0.4) is 0 Å². The third-order valence-electron chi connectivity index (χ3n) is 4.22. The van der Waals surface area contributed by atoms with Crippen molar-refractivity contribution >= 4 is 15.9 Å². The maximum Gasteiger partial charge on any atom is 0.123 e. The molecule has 0 aliphatic carbocycles. The largest absolute Gasteiger partial charge is 0.488 e. The summed E-state index contributed by atoms with van der Waals surface area (Å²) in [7, 11) is 0. The zero-order valence-corrected chi connectivity index (χ0v) is 12.8. The van der Waals surface area contributed by atoms with Crippen LogP contribution < -0.4 is 4.74 Å². The van der Waals surface area contributed by atoms with Gasteiger partial charge < -0.3 is 9.84 Å². The number of fused-ring (bicyclic) bond motifs is 1. The van der Waals surface area contributed by atoms with Crippen LogP contribution in [0.2, 0.25) is 0 Å². The van der Waals surface area contributed by atoms with Crippen LogP contribution >= 0.6 is 15.9 Å². The molecule has 19 heavy (non-hydrogen) atoms. The quantitative estimate of drug-likeness (QED) is 0.926. The second-order valence-electron chi connectivity index (χ2n) is 5.74. The second-order valence-corrected chi connectivity index (χ2v) is 6.66. The molecule has 2 aliphatic rings. The Morgan fingerprint density at radius 2 is 2.37 bits per heavy atom. The number of ether oxygens (including phenoxy) is 1. The van der Waals surface area contributed by atoms with Crippen molar-refractivity contribution in [1.82, 2.24) is 4.90 Å². The lowest BCUT2D eigenvalue weighted by molar-refractivity contribution is 0.118. The maximum atomic E-state index is 9.64. The molecule has 3 rings (SSSR count). The first-order valence-electron chi connectivity index (χ1n) is 6.97. The molecule has 0 bridgehead atoms. The van der Waals surface area contributed by atoms with Gasteiger partial charge in [0.2, 0.25) is 0 Å². The minimum Gasteiger partial charge on any atom is -0.488 e. The number of aliphatic hydroxyl groups excluding tert-OH is 1. The Balaban J connectivity index is 1.56. The molecule has 2 aliphatic heterocycles. The maximum absolute atomic E-state index is 9.64. The molecule has 1 N–H and O–H groups in total. The van der Waals surface area contributed by atoms with Crippen molar-refractivity contribution in [2.45, 2.75) is 32.0 Å². The van der Waals surface area contributed by atoms with E-state index in [1.165, 1.54) is 5.56 Å². The van der Waals surface area contributed by atoms with Gasteiger partial charge in [-0.15, -0.1) is 0 Å². The summed E-state index contributed by atoms with van der Waals surface area (Å²) in [5, 5.41) is 9.64. The molecule has 3 atom stereocenters. The normalized spacial score (nSPS) is 28.2. The van der Waals surface area contributed by atoms with Crippen molar-refractivity contribution in [1.29, 1.82) is 0 Å². The Bertz CT molecular complexity index is 463. The van der Waals surface area contributed by atoms with E-state index in [9.17, 15) is 5.11 Å². The van der Waals surface area contributed by atoms with Crippen LogP contribution in [0.25, 0.3) is 0 Å². The van der Waals surface area contributed by atoms with Crippen molar-refractivity contribution in [3.05, 3.63) is 28.2 Å². The predicted octanol–water partition coefficient (Wildman–Crippen LogP) is 2.46. The van der Waals surface area contributed by atoms with E-state index in [1.807, 2.05) is 19.1 Å². The van der Waals surface area contributed by atoms with E-state index in [1.54, 1.807) is 0 Å². The fourth-order valence-corrected chi connectivity index (χ4v) is 3.51. The van der Waals surface area contributed by atoms with Crippen molar-refractivity contribution in [2.24, 2.45) is 5.92 Å². The van der Waals surface area contributed by atoms with Gasteiger partial charge in [-0.2, -0.15) is 0 Å². The number of benzene rings is 1. The van der Waals surface area contributed by atoms with Gasteiger partial charge in [-0.3, -0.25) is 4.90 Å². The topological polar surface area (TPSA) is 32.7 Å². The number of aliphatic hydroxyl groups is 1. The smallest absolute Gasteiger partial charge is 0.123 e. The van der Waals surface area contributed by atoms with E-state index in [-0.39, 0.29) is 12.2 Å². The summed E-state index contributed by atoms with van der Waals surface area (Å²) in [6.45, 7) is 4.94. The number of hydrogen-bond donors (Lipinski definition) is 1. The number of halogens is 1. The predicted molar refractivity (Wildman–Crippen MR) is 78.5 cm³/mol. The summed E-state index contributed by atoms with van der Waals surface area (Å²) < 4.78 is 7.11. The molecule has 1 fully saturated rings. The molecule has 4 heteroatoms. The van der Waals surface area contributed by atoms with E-state index in [2.05, 4.69) is 26.9 Å². The highest BCUT2D eigenvalue weighted by Crippen LogP contribution is 2.32. The van der Waals surface area contributed by atoms with Crippen molar-refractivity contribution in [3.8, 4) is 5.75 Å². The lowest BCUT2D eigenvalue weighted by Gasteiger charge is -2.21. The van der Waals surface area contributed by atoms with Crippen LogP contribution in [-0.4, -0.2) is 41.8 Å². The Labute approximate surface area is 122 Å². The highest BCUT2D eigenvalue weighted by atomic mass is 79.9. The zero-order chi connectivity index (χ0) is 13.4. The third kappa shape index (κ3) is 2.96. The summed E-state index contributed by atoms with van der Waals surface area (Å²) in [6, 6.07) is 6.22. The summed E-state index contributed by atoms with van der Waals surface area (Å²) in [6.07, 6.45) is 2.16. The molecule has 104 valence electrons. The van der Waals surface area contributed by atoms with Crippen LogP contribution in [0.4, 0.5) is 0 Å². The molecule has 1 aromatic carbocycles. The molecule has 0 spiro atoms. The molecule has 1 aromatic rings. The molecular formula is C15H20BrNO2. The van der Waals surface area contributed by atoms with Crippen LogP contribution in [0.1, 0.15) is 18.9 Å². The van der Waals surface area contributed by atoms with Gasteiger partial charge in [0.15, 0.2) is 0 Å². The Morgan fingerprint density at radius 1 is 1.53 bits per heavy atom. The Kier molecular flexibility index (Phi) is 3.83. The Morgan fingerprint density at radius 3 is 3.11 bits per heavy atom. The monoisotopic (exact) mass is 325 g/mol. The van der Waals surface area contributed by atoms with Crippen molar-refractivity contribution in [3.63, 3.8) is 0 Å². The SMILES string of the molecule is CC(O)C1CCN(CC2Cc3cc(Br)ccc3O2)C1. The van der Waals surface area contributed by atoms with E-state index >= 15 is 0 Å². The standard InChI is InChI=1S/C15H20BrNO2/c1-10(18)11-4-5-17(8-11)9-14-7-12-6-13(16)2-3-15(12)19-14/h2-3,6,10-11,14,18H,4-5,7-9H2,1H3. The lowest BCUT2D eigenvalue weighted by Crippen LogP contribution is -2.34. The number of nitrogens with zero attached hydrogens (tertiary/aromatic N) is 1.